The number of ketones is 1. The van der Waals surface area contributed by atoms with E-state index in [-0.39, 0.29) is 35.7 Å². The van der Waals surface area contributed by atoms with Crippen LogP contribution in [-0.4, -0.2) is 69.7 Å². The number of carbonyl (C=O) groups is 2. The van der Waals surface area contributed by atoms with Gasteiger partial charge in [0.05, 0.1) is 60.6 Å². The van der Waals surface area contributed by atoms with Crippen molar-refractivity contribution in [3.8, 4) is 57.4 Å². The molecule has 3 saturated carbocycles. The molecule has 3 fully saturated rings. The number of hydrogen-bond donors (Lipinski definition) is 1. The van der Waals surface area contributed by atoms with Crippen molar-refractivity contribution >= 4 is 22.8 Å². The van der Waals surface area contributed by atoms with E-state index < -0.39 is 59.2 Å². The Morgan fingerprint density at radius 3 is 1.55 bits per heavy atom. The summed E-state index contributed by atoms with van der Waals surface area (Å²) < 4.78 is 88.1. The molecule has 3 aliphatic rings. The topological polar surface area (TPSA) is 173 Å². The number of Topliss-reactive ketones (excluding diaryl/α,β-unsaturated/α-hetero) is 1. The van der Waals surface area contributed by atoms with Gasteiger partial charge in [-0.25, -0.2) is 18.2 Å². The van der Waals surface area contributed by atoms with Crippen LogP contribution < -0.4 is 18.9 Å². The maximum Gasteiger partial charge on any atom is 0.387 e. The van der Waals surface area contributed by atoms with Crippen molar-refractivity contribution in [1.82, 2.24) is 19.2 Å². The Bertz CT molecular complexity index is 2840. The molecule has 2 aromatic carbocycles. The fourth-order valence-electron chi connectivity index (χ4n) is 7.60. The lowest BCUT2D eigenvalue weighted by Gasteiger charge is -2.16. The lowest BCUT2D eigenvalue weighted by Crippen LogP contribution is -2.11. The van der Waals surface area contributed by atoms with Crippen molar-refractivity contribution in [2.75, 3.05) is 14.2 Å². The number of pyridine rings is 2. The van der Waals surface area contributed by atoms with Crippen LogP contribution in [0.1, 0.15) is 70.4 Å². The van der Waals surface area contributed by atoms with Crippen molar-refractivity contribution in [1.29, 1.82) is 10.5 Å². The first-order valence-corrected chi connectivity index (χ1v) is 19.3. The lowest BCUT2D eigenvalue weighted by atomic mass is 9.97. The zero-order chi connectivity index (χ0) is 44.1. The van der Waals surface area contributed by atoms with E-state index in [0.717, 1.165) is 36.8 Å². The van der Waals surface area contributed by atoms with Crippen LogP contribution in [0.15, 0.2) is 73.3 Å². The highest BCUT2D eigenvalue weighted by atomic mass is 19.3. The van der Waals surface area contributed by atoms with Crippen LogP contribution in [0.3, 0.4) is 0 Å². The van der Waals surface area contributed by atoms with E-state index in [2.05, 4.69) is 31.8 Å². The number of nitriles is 2. The van der Waals surface area contributed by atoms with E-state index in [0.29, 0.717) is 33.3 Å². The second-order valence-corrected chi connectivity index (χ2v) is 15.3. The van der Waals surface area contributed by atoms with E-state index in [1.807, 2.05) is 18.2 Å². The highest BCUT2D eigenvalue weighted by Crippen LogP contribution is 2.49. The van der Waals surface area contributed by atoms with Gasteiger partial charge in [-0.15, -0.1) is 0 Å². The average molecular weight is 855 g/mol. The Balaban J connectivity index is 0.000000172. The van der Waals surface area contributed by atoms with E-state index >= 15 is 0 Å². The summed E-state index contributed by atoms with van der Waals surface area (Å²) in [4.78, 5) is 24.3. The largest absolute Gasteiger partial charge is 0.496 e. The zero-order valence-electron chi connectivity index (χ0n) is 33.0. The molecule has 9 rings (SSSR count). The summed E-state index contributed by atoms with van der Waals surface area (Å²) >= 11 is 0. The normalized spacial score (nSPS) is 17.7. The lowest BCUT2D eigenvalue weighted by molar-refractivity contribution is -0.0510. The number of carbonyl (C=O) groups excluding carboxylic acids is 1. The maximum atomic E-state index is 13.3. The standard InChI is InChI=1S/C24H20F3N3O3.C20H15F2N3O4/c1-32-20-8-13(9-21(33-23(26)27)22(20)19(31)7-14-6-17(14)25)16-10-29-30-11-15(2-3-18(16)30)24(12-28)4-5-24;1-28-15-6-11(7-16(29-19(21)22)17(15)18(26)27)13-8-24-25-9-12(2-3-14(13)25)20(10-23)4-5-20/h2-3,8-11,14,17,23H,4-7H2,1H3;2-3,6-9,19H,4-5H2,1H3,(H,26,27)/t14-,17-;/m0./s1. The number of aromatic nitrogens is 4. The molecule has 0 saturated heterocycles. The Labute approximate surface area is 349 Å². The number of hydrogen-bond acceptors (Lipinski definition) is 10. The minimum absolute atomic E-state index is 0.0709. The first kappa shape index (κ1) is 41.5. The third kappa shape index (κ3) is 7.79. The van der Waals surface area contributed by atoms with Crippen molar-refractivity contribution in [2.45, 2.75) is 68.7 Å². The molecule has 0 radical (unpaired) electrons. The first-order valence-electron chi connectivity index (χ1n) is 19.3. The highest BCUT2D eigenvalue weighted by molar-refractivity contribution is 6.03. The molecule has 13 nitrogen and oxygen atoms in total. The summed E-state index contributed by atoms with van der Waals surface area (Å²) in [5, 5.41) is 36.9. The van der Waals surface area contributed by atoms with Gasteiger partial charge >= 0.3 is 19.2 Å². The molecule has 18 heteroatoms. The molecule has 62 heavy (non-hydrogen) atoms. The van der Waals surface area contributed by atoms with Crippen molar-refractivity contribution in [3.63, 3.8) is 0 Å². The Kier molecular flexibility index (Phi) is 10.7. The summed E-state index contributed by atoms with van der Waals surface area (Å²) in [5.74, 6) is -3.21. The van der Waals surface area contributed by atoms with E-state index in [1.165, 1.54) is 38.6 Å². The van der Waals surface area contributed by atoms with Gasteiger partial charge in [-0.05, 0) is 90.8 Å². The number of methoxy groups -OCH3 is 2. The minimum Gasteiger partial charge on any atom is -0.496 e. The van der Waals surface area contributed by atoms with Gasteiger partial charge < -0.3 is 24.1 Å². The molecule has 318 valence electrons. The number of halogens is 5. The molecule has 0 amide bonds. The molecule has 0 unspecified atom stereocenters. The molecule has 6 aromatic rings. The molecule has 2 atom stereocenters. The highest BCUT2D eigenvalue weighted by Gasteiger charge is 2.46. The summed E-state index contributed by atoms with van der Waals surface area (Å²) in [7, 11) is 2.58. The van der Waals surface area contributed by atoms with Crippen LogP contribution in [-0.2, 0) is 10.8 Å². The number of benzene rings is 2. The minimum atomic E-state index is -3.19. The Morgan fingerprint density at radius 2 is 1.18 bits per heavy atom. The first-order chi connectivity index (χ1) is 29.7. The van der Waals surface area contributed by atoms with E-state index in [1.54, 1.807) is 39.8 Å². The molecule has 4 aromatic heterocycles. The van der Waals surface area contributed by atoms with Crippen molar-refractivity contribution < 1.29 is 55.6 Å². The molecule has 1 N–H and O–H groups in total. The fourth-order valence-corrected chi connectivity index (χ4v) is 7.60. The van der Waals surface area contributed by atoms with Crippen LogP contribution in [0.2, 0.25) is 0 Å². The molecule has 4 heterocycles. The van der Waals surface area contributed by atoms with Gasteiger partial charge in [-0.2, -0.15) is 38.3 Å². The van der Waals surface area contributed by atoms with Crippen molar-refractivity contribution in [2.24, 2.45) is 5.92 Å². The monoisotopic (exact) mass is 854 g/mol. The van der Waals surface area contributed by atoms with Crippen molar-refractivity contribution in [3.05, 3.63) is 95.6 Å². The summed E-state index contributed by atoms with van der Waals surface area (Å²) in [6.45, 7) is -6.35. The van der Waals surface area contributed by atoms with Gasteiger partial charge in [0.25, 0.3) is 0 Å². The van der Waals surface area contributed by atoms with Crippen LogP contribution in [0, 0.1) is 28.6 Å². The Hall–Kier alpha value is -7.21. The third-order valence-electron chi connectivity index (χ3n) is 11.5. The van der Waals surface area contributed by atoms with E-state index in [9.17, 15) is 47.2 Å². The number of carboxylic acids is 1. The number of rotatable bonds is 14. The SMILES string of the molecule is COc1cc(-c2cnn3cc(C4(C#N)CC4)ccc23)cc(OC(F)F)c1C(=O)C[C@@H]1C[C@@H]1F.COc1cc(-c2cnn3cc(C4(C#N)CC4)ccc23)cc(OC(F)F)c1C(=O)O. The molecule has 0 bridgehead atoms. The third-order valence-corrected chi connectivity index (χ3v) is 11.5. The van der Waals surface area contributed by atoms with Gasteiger partial charge in [0.2, 0.25) is 0 Å². The predicted octanol–water partition coefficient (Wildman–Crippen LogP) is 8.96. The second-order valence-electron chi connectivity index (χ2n) is 15.3. The number of nitrogens with zero attached hydrogens (tertiary/aromatic N) is 6. The predicted molar refractivity (Wildman–Crippen MR) is 210 cm³/mol. The van der Waals surface area contributed by atoms with Crippen LogP contribution in [0.5, 0.6) is 23.0 Å². The molecular weight excluding hydrogens is 820 g/mol. The quantitative estimate of drug-likeness (QED) is 0.0819. The number of carboxylic acid groups (broad SMARTS) is 1. The van der Waals surface area contributed by atoms with E-state index in [4.69, 9.17) is 9.47 Å². The van der Waals surface area contributed by atoms with Gasteiger partial charge in [0, 0.05) is 35.9 Å². The van der Waals surface area contributed by atoms with Crippen LogP contribution in [0.4, 0.5) is 22.0 Å². The average Bonchev–Trinajstić information content (AvgIpc) is 4.22. The van der Waals surface area contributed by atoms with Crippen LogP contribution in [0.25, 0.3) is 33.3 Å². The smallest absolute Gasteiger partial charge is 0.387 e. The summed E-state index contributed by atoms with van der Waals surface area (Å²) in [6.07, 6.45) is 9.01. The number of aromatic carboxylic acids is 1. The summed E-state index contributed by atoms with van der Waals surface area (Å²) in [6, 6.07) is 17.6. The van der Waals surface area contributed by atoms with Crippen LogP contribution >= 0.6 is 0 Å². The summed E-state index contributed by atoms with van der Waals surface area (Å²) in [5.41, 5.74) is 3.62. The van der Waals surface area contributed by atoms with Gasteiger partial charge in [0.15, 0.2) is 5.78 Å². The molecule has 3 aliphatic carbocycles. The fraction of sp³-hybridized carbons (Fsp3) is 0.318. The number of alkyl halides is 5. The number of fused-ring (bicyclic) bond motifs is 2. The molecule has 0 aliphatic heterocycles. The Morgan fingerprint density at radius 1 is 0.758 bits per heavy atom. The van der Waals surface area contributed by atoms with Gasteiger partial charge in [-0.3, -0.25) is 4.79 Å². The molecule has 0 spiro atoms. The van der Waals surface area contributed by atoms with Gasteiger partial charge in [0.1, 0.15) is 40.3 Å². The number of ether oxygens (including phenoxy) is 4. The second kappa shape index (κ2) is 16.0. The zero-order valence-corrected chi connectivity index (χ0v) is 33.0. The van der Waals surface area contributed by atoms with Gasteiger partial charge in [-0.1, -0.05) is 12.1 Å². The maximum absolute atomic E-state index is 13.3. The molecular formula is C44H35F5N6O7.